The van der Waals surface area contributed by atoms with E-state index in [1.54, 1.807) is 30.6 Å². The summed E-state index contributed by atoms with van der Waals surface area (Å²) in [5.41, 5.74) is 12.0. The van der Waals surface area contributed by atoms with Crippen molar-refractivity contribution in [1.29, 1.82) is 0 Å². The minimum atomic E-state index is -0.524. The number of nitrogens with one attached hydrogen (secondary N) is 3. The number of piperidine rings is 3. The average molecular weight is 2110 g/mol. The summed E-state index contributed by atoms with van der Waals surface area (Å²) in [6.07, 6.45) is 27.1. The number of nitrogens with zero attached hydrogens (tertiary/aromatic N) is 14. The summed E-state index contributed by atoms with van der Waals surface area (Å²) in [6, 6.07) is 23.3. The van der Waals surface area contributed by atoms with Gasteiger partial charge in [0.15, 0.2) is 23.7 Å². The van der Waals surface area contributed by atoms with E-state index < -0.39 is 11.2 Å². The van der Waals surface area contributed by atoms with Gasteiger partial charge in [0.25, 0.3) is 0 Å². The molecule has 136 heavy (non-hydrogen) atoms. The Hall–Kier alpha value is -6.40. The standard InChI is InChI=1S/C33H42Cl2N6O3S.C25H31BrCl2N4O2S.C23H26Cl2N6S.C14H23BN2O3.4CH4/c1-21-30(45-24-10-7-9-22(34)27(24)35)39-28(23-13-17-36-41(23)26-12-5-6-20-43-26)29(37-21)40-18-15-33(16-19-40)14-8-11-25(33)38-31(42)44-32(2,3)4;1-15-22(35-17-8-5-7-16(27)19(17)28)31-20(26)21(29-15)32-13-11-25(12-14-32)10-6-9-18(25)30-23(33)34-24(2,3)4;1-14-22(32-17-5-2-4-15(24)19(17)25)29-20(16-7-11-27-30-16)21(28-14)31-12-9-23(10-13-31)8-3-6-18(23)26;1-13(2)14(3,4)20-15(19-13)11-8-9-16-17(11)12-7-5-6-10-18-12;;;;/h7,9-10,13,17,25-26H,5-6,8,11-12,14-16,18-20H2,1-4H3,(H,38,42);5,7-8,18H,6,9-14H2,1-4H3,(H,30,33);2,4-5,7,11,18H,3,6,8-10,12-13,26H2,1H3,(H,27,30);8-9,12H,5-7,10H2,1-4H3;4*1H4/t25-,26?;2*18-;;;;;/m111...../s1. The topological polar surface area (TPSA) is 291 Å². The highest BCUT2D eigenvalue weighted by molar-refractivity contribution is 9.10. The summed E-state index contributed by atoms with van der Waals surface area (Å²) in [5.74, 6) is 2.60. The first-order valence-electron chi connectivity index (χ1n) is 46.2. The van der Waals surface area contributed by atoms with Gasteiger partial charge in [-0.15, -0.1) is 0 Å². The van der Waals surface area contributed by atoms with Gasteiger partial charge in [0, 0.05) is 104 Å². The first-order chi connectivity index (χ1) is 62.9. The number of hydrogen-bond acceptors (Lipinski definition) is 24. The van der Waals surface area contributed by atoms with E-state index in [-0.39, 0.29) is 95.6 Å². The van der Waals surface area contributed by atoms with Gasteiger partial charge in [-0.05, 0) is 292 Å². The van der Waals surface area contributed by atoms with Gasteiger partial charge >= 0.3 is 19.3 Å². The average Bonchev–Trinajstić information content (AvgIpc) is 1.51. The molecule has 3 aliphatic carbocycles. The first-order valence-corrected chi connectivity index (χ1v) is 51.7. The van der Waals surface area contributed by atoms with Crippen molar-refractivity contribution in [1.82, 2.24) is 70.3 Å². The highest BCUT2D eigenvalue weighted by Gasteiger charge is 2.54. The van der Waals surface area contributed by atoms with Crippen LogP contribution in [0.15, 0.2) is 126 Å². The van der Waals surface area contributed by atoms with Crippen molar-refractivity contribution in [3.05, 3.63) is 143 Å². The number of carbonyl (C=O) groups is 2. The van der Waals surface area contributed by atoms with Gasteiger partial charge in [-0.2, -0.15) is 15.3 Å². The van der Waals surface area contributed by atoms with Crippen LogP contribution in [-0.2, 0) is 28.3 Å². The number of aromatic nitrogens is 12. The van der Waals surface area contributed by atoms with Crippen LogP contribution in [0.2, 0.25) is 30.1 Å². The van der Waals surface area contributed by atoms with E-state index in [0.717, 1.165) is 265 Å². The molecule has 9 fully saturated rings. The molecule has 5 N–H and O–H groups in total. The molecule has 6 aliphatic heterocycles. The van der Waals surface area contributed by atoms with Crippen LogP contribution < -0.4 is 36.7 Å². The third kappa shape index (κ3) is 25.6. The minimum absolute atomic E-state index is 0. The summed E-state index contributed by atoms with van der Waals surface area (Å²) in [5, 5.41) is 28.2. The van der Waals surface area contributed by atoms with Crippen LogP contribution >= 0.6 is 121 Å². The van der Waals surface area contributed by atoms with Crippen LogP contribution in [0.3, 0.4) is 0 Å². The van der Waals surface area contributed by atoms with E-state index in [1.165, 1.54) is 54.5 Å². The van der Waals surface area contributed by atoms with Crippen molar-refractivity contribution in [2.24, 2.45) is 22.0 Å². The lowest BCUT2D eigenvalue weighted by atomic mass is 9.74. The molecule has 742 valence electrons. The van der Waals surface area contributed by atoms with Crippen molar-refractivity contribution < 1.29 is 37.8 Å². The van der Waals surface area contributed by atoms with E-state index in [2.05, 4.69) is 84.3 Å². The zero-order chi connectivity index (χ0) is 93.8. The molecule has 9 aromatic rings. The van der Waals surface area contributed by atoms with E-state index in [4.69, 9.17) is 139 Å². The highest BCUT2D eigenvalue weighted by Crippen LogP contribution is 2.53. The second kappa shape index (κ2) is 46.8. The number of alkyl carbamates (subject to hydrolysis) is 2. The van der Waals surface area contributed by atoms with Crippen LogP contribution in [-0.4, -0.2) is 172 Å². The number of aromatic amines is 1. The van der Waals surface area contributed by atoms with Gasteiger partial charge in [0.2, 0.25) is 0 Å². The van der Waals surface area contributed by atoms with Crippen LogP contribution in [0.4, 0.5) is 27.0 Å². The largest absolute Gasteiger partial charge is 0.514 e. The van der Waals surface area contributed by atoms with Crippen LogP contribution in [0, 0.1) is 37.0 Å². The smallest absolute Gasteiger partial charge is 0.444 e. The number of carbonyl (C=O) groups excluding carboxylic acids is 2. The SMILES string of the molecule is C.C.C.C.CC1(C)OB(c2ccnn2C2CCCCO2)OC1(C)C.Cc1nc(N2CCC3(CCC[C@H]3N)CC2)c(-c2ccn[nH]2)nc1Sc1cccc(Cl)c1Cl.Cc1nc(N2CCC3(CCC[C@H]3NC(=O)OC(C)(C)C)CC2)c(-c2ccnn2C2CCCCO2)nc1Sc1cccc(Cl)c1Cl.Cc1nc(N2CCC3(CCC[C@H]3NC(=O)OC(C)(C)C)CC2)c(Br)nc1Sc1cccc(Cl)c1Cl. The first kappa shape index (κ1) is 110. The second-order valence-electron chi connectivity index (χ2n) is 39.1. The molecule has 3 saturated carbocycles. The maximum atomic E-state index is 12.7. The van der Waals surface area contributed by atoms with Gasteiger partial charge in [-0.1, -0.05) is 172 Å². The Morgan fingerprint density at radius 2 is 0.882 bits per heavy atom. The zero-order valence-corrected chi connectivity index (χ0v) is 86.2. The van der Waals surface area contributed by atoms with E-state index in [9.17, 15) is 9.59 Å². The van der Waals surface area contributed by atoms with E-state index >= 15 is 0 Å². The number of ether oxygens (including phenoxy) is 4. The van der Waals surface area contributed by atoms with Crippen molar-refractivity contribution in [2.75, 3.05) is 67.2 Å². The van der Waals surface area contributed by atoms with Gasteiger partial charge in [-0.3, -0.25) is 5.10 Å². The number of amides is 2. The number of hydrogen-bond donors (Lipinski definition) is 4. The van der Waals surface area contributed by atoms with Crippen molar-refractivity contribution >= 4 is 163 Å². The summed E-state index contributed by atoms with van der Waals surface area (Å²) in [6.45, 7) is 32.3. The third-order valence-electron chi connectivity index (χ3n) is 27.4. The fourth-order valence-corrected chi connectivity index (χ4v) is 24.2. The molecule has 0 bridgehead atoms. The predicted octanol–water partition coefficient (Wildman–Crippen LogP) is 26.3. The Bertz CT molecular complexity index is 5510. The van der Waals surface area contributed by atoms with Crippen molar-refractivity contribution in [3.63, 3.8) is 0 Å². The molecule has 18 rings (SSSR count). The Kier molecular flexibility index (Phi) is 37.8. The molecule has 2 unspecified atom stereocenters. The molecule has 9 aliphatic rings. The minimum Gasteiger partial charge on any atom is -0.444 e. The Morgan fingerprint density at radius 3 is 1.31 bits per heavy atom. The number of rotatable bonds is 16. The molecule has 37 heteroatoms. The summed E-state index contributed by atoms with van der Waals surface area (Å²) in [7, 11) is -0.381. The number of benzene rings is 3. The zero-order valence-electron chi connectivity index (χ0n) is 77.6. The Morgan fingerprint density at radius 1 is 0.485 bits per heavy atom. The maximum absolute atomic E-state index is 12.7. The van der Waals surface area contributed by atoms with Crippen molar-refractivity contribution in [2.45, 2.75) is 337 Å². The number of anilines is 3. The van der Waals surface area contributed by atoms with Crippen molar-refractivity contribution in [3.8, 4) is 22.8 Å². The van der Waals surface area contributed by atoms with Crippen LogP contribution in [0.1, 0.15) is 263 Å². The lowest BCUT2D eigenvalue weighted by Gasteiger charge is -2.44. The number of H-pyrrole nitrogens is 1. The molecule has 3 spiro atoms. The monoisotopic (exact) mass is 2100 g/mol. The predicted molar refractivity (Wildman–Crippen MR) is 559 cm³/mol. The highest BCUT2D eigenvalue weighted by atomic mass is 79.9. The number of nitrogens with two attached hydrogens (primary N) is 1. The second-order valence-corrected chi connectivity index (χ2v) is 45.3. The van der Waals surface area contributed by atoms with Crippen LogP contribution in [0.5, 0.6) is 0 Å². The molecular formula is C99H138BBrCl6N18O8S3. The quantitative estimate of drug-likeness (QED) is 0.0654. The lowest BCUT2D eigenvalue weighted by Crippen LogP contribution is -2.51. The summed E-state index contributed by atoms with van der Waals surface area (Å²) in [4.78, 5) is 64.9. The Labute approximate surface area is 856 Å². The molecule has 2 amide bonds. The van der Waals surface area contributed by atoms with Crippen LogP contribution in [0.25, 0.3) is 22.8 Å². The number of aryl methyl sites for hydroxylation is 3. The van der Waals surface area contributed by atoms with E-state index in [1.807, 2.05) is 132 Å². The molecule has 26 nitrogen and oxygen atoms in total. The van der Waals surface area contributed by atoms with Gasteiger partial charge < -0.3 is 59.3 Å². The molecule has 6 aromatic heterocycles. The summed E-state index contributed by atoms with van der Waals surface area (Å²) >= 11 is 46.1. The molecule has 0 radical (unpaired) electrons. The fraction of sp³-hybridized carbons (Fsp3) is 0.586. The Balaban J connectivity index is 0.000000178. The molecule has 6 saturated heterocycles. The van der Waals surface area contributed by atoms with Gasteiger partial charge in [0.05, 0.1) is 75.4 Å². The lowest BCUT2D eigenvalue weighted by molar-refractivity contribution is -0.0384. The number of halogens is 7. The molecule has 12 heterocycles. The maximum Gasteiger partial charge on any atom is 0.514 e. The fourth-order valence-electron chi connectivity index (χ4n) is 19.5. The molecule has 3 aromatic carbocycles. The normalized spacial score (nSPS) is 21.3. The summed E-state index contributed by atoms with van der Waals surface area (Å²) < 4.78 is 39.9. The van der Waals surface area contributed by atoms with Gasteiger partial charge in [0.1, 0.15) is 48.5 Å². The third-order valence-corrected chi connectivity index (χ3v) is 34.2. The van der Waals surface area contributed by atoms with Gasteiger partial charge in [-0.25, -0.2) is 48.9 Å². The molecular weight excluding hydrogens is 1970 g/mol. The molecule has 5 atom stereocenters. The van der Waals surface area contributed by atoms with E-state index in [0.29, 0.717) is 41.6 Å².